The van der Waals surface area contributed by atoms with Gasteiger partial charge in [-0.2, -0.15) is 0 Å². The molecule has 0 saturated heterocycles. The van der Waals surface area contributed by atoms with E-state index in [2.05, 4.69) is 0 Å². The molecule has 94 valence electrons. The van der Waals surface area contributed by atoms with Gasteiger partial charge >= 0.3 is 0 Å². The van der Waals surface area contributed by atoms with Crippen molar-refractivity contribution in [3.8, 4) is 11.5 Å². The third-order valence-electron chi connectivity index (χ3n) is 2.61. The van der Waals surface area contributed by atoms with E-state index in [1.807, 2.05) is 0 Å². The van der Waals surface area contributed by atoms with Crippen LogP contribution < -0.4 is 4.74 Å². The molecule has 0 aromatic heterocycles. The number of aromatic hydroxyl groups is 1. The molecule has 0 atom stereocenters. The van der Waals surface area contributed by atoms with Crippen molar-refractivity contribution in [1.29, 1.82) is 0 Å². The number of halogens is 1. The summed E-state index contributed by atoms with van der Waals surface area (Å²) < 4.78 is 18.2. The van der Waals surface area contributed by atoms with Crippen LogP contribution >= 0.6 is 0 Å². The van der Waals surface area contributed by atoms with Gasteiger partial charge in [-0.05, 0) is 42.7 Å². The van der Waals surface area contributed by atoms with Gasteiger partial charge in [-0.25, -0.2) is 4.39 Å². The summed E-state index contributed by atoms with van der Waals surface area (Å²) in [7, 11) is 0. The van der Waals surface area contributed by atoms with E-state index in [1.54, 1.807) is 36.4 Å². The van der Waals surface area contributed by atoms with Crippen molar-refractivity contribution in [1.82, 2.24) is 0 Å². The van der Waals surface area contributed by atoms with E-state index >= 15 is 0 Å². The van der Waals surface area contributed by atoms with Gasteiger partial charge in [-0.1, -0.05) is 18.2 Å². The van der Waals surface area contributed by atoms with E-state index in [-0.39, 0.29) is 11.6 Å². The van der Waals surface area contributed by atoms with E-state index in [9.17, 15) is 9.50 Å². The predicted octanol–water partition coefficient (Wildman–Crippen LogP) is 3.54. The summed E-state index contributed by atoms with van der Waals surface area (Å²) >= 11 is 0. The monoisotopic (exact) mass is 246 g/mol. The summed E-state index contributed by atoms with van der Waals surface area (Å²) in [5.41, 5.74) is 1.09. The van der Waals surface area contributed by atoms with Gasteiger partial charge in [0.15, 0.2) is 0 Å². The Labute approximate surface area is 106 Å². The maximum absolute atomic E-state index is 12.7. The van der Waals surface area contributed by atoms with Crippen LogP contribution in [0.15, 0.2) is 48.5 Å². The summed E-state index contributed by atoms with van der Waals surface area (Å²) in [6.07, 6.45) is 1.69. The molecule has 2 nitrogen and oxygen atoms in total. The molecule has 0 heterocycles. The summed E-state index contributed by atoms with van der Waals surface area (Å²) in [6, 6.07) is 13.2. The second-order valence-electron chi connectivity index (χ2n) is 4.08. The van der Waals surface area contributed by atoms with Crippen molar-refractivity contribution in [3.05, 3.63) is 59.9 Å². The van der Waals surface area contributed by atoms with Gasteiger partial charge in [-0.15, -0.1) is 0 Å². The fraction of sp³-hybridized carbons (Fsp3) is 0.200. The first-order valence-corrected chi connectivity index (χ1v) is 5.90. The normalized spacial score (nSPS) is 10.3. The predicted molar refractivity (Wildman–Crippen MR) is 68.3 cm³/mol. The Morgan fingerprint density at radius 1 is 1.06 bits per heavy atom. The van der Waals surface area contributed by atoms with Crippen LogP contribution in [-0.4, -0.2) is 11.7 Å². The smallest absolute Gasteiger partial charge is 0.123 e. The quantitative estimate of drug-likeness (QED) is 0.817. The van der Waals surface area contributed by atoms with Crippen LogP contribution in [0.1, 0.15) is 12.0 Å². The Morgan fingerprint density at radius 3 is 2.56 bits per heavy atom. The lowest BCUT2D eigenvalue weighted by atomic mass is 10.1. The molecule has 2 aromatic carbocycles. The highest BCUT2D eigenvalue weighted by molar-refractivity contribution is 5.31. The molecule has 18 heavy (non-hydrogen) atoms. The summed E-state index contributed by atoms with van der Waals surface area (Å²) in [4.78, 5) is 0. The number of rotatable bonds is 5. The minimum absolute atomic E-state index is 0.200. The Balaban J connectivity index is 1.74. The SMILES string of the molecule is Oc1cccc(OCCCc2ccc(F)cc2)c1. The lowest BCUT2D eigenvalue weighted by molar-refractivity contribution is 0.309. The lowest BCUT2D eigenvalue weighted by Crippen LogP contribution is -1.99. The molecule has 3 heteroatoms. The van der Waals surface area contributed by atoms with Gasteiger partial charge in [-0.3, -0.25) is 0 Å². The van der Waals surface area contributed by atoms with E-state index in [4.69, 9.17) is 4.74 Å². The number of hydrogen-bond donors (Lipinski definition) is 1. The average molecular weight is 246 g/mol. The standard InChI is InChI=1S/C15H15FO2/c16-13-8-6-12(7-9-13)3-2-10-18-15-5-1-4-14(17)11-15/h1,4-9,11,17H,2-3,10H2. The highest BCUT2D eigenvalue weighted by atomic mass is 19.1. The molecule has 0 aliphatic rings. The fourth-order valence-electron chi connectivity index (χ4n) is 1.69. The first-order chi connectivity index (χ1) is 8.74. The molecule has 2 aromatic rings. The summed E-state index contributed by atoms with van der Waals surface area (Å²) in [6.45, 7) is 0.570. The van der Waals surface area contributed by atoms with E-state index in [0.29, 0.717) is 12.4 Å². The maximum Gasteiger partial charge on any atom is 0.123 e. The largest absolute Gasteiger partial charge is 0.508 e. The molecule has 0 bridgehead atoms. The molecule has 0 radical (unpaired) electrons. The molecule has 2 rings (SSSR count). The number of hydrogen-bond acceptors (Lipinski definition) is 2. The molecule has 0 unspecified atom stereocenters. The van der Waals surface area contributed by atoms with Crippen LogP contribution in [0.4, 0.5) is 4.39 Å². The Hall–Kier alpha value is -2.03. The second-order valence-corrected chi connectivity index (χ2v) is 4.08. The number of phenols is 1. The topological polar surface area (TPSA) is 29.5 Å². The van der Waals surface area contributed by atoms with E-state index < -0.39 is 0 Å². The first kappa shape index (κ1) is 12.4. The maximum atomic E-state index is 12.7. The number of phenolic OH excluding ortho intramolecular Hbond substituents is 1. The van der Waals surface area contributed by atoms with Crippen LogP contribution in [0.25, 0.3) is 0 Å². The second kappa shape index (κ2) is 6.05. The van der Waals surface area contributed by atoms with Crippen molar-refractivity contribution in [2.24, 2.45) is 0 Å². The van der Waals surface area contributed by atoms with Crippen molar-refractivity contribution in [3.63, 3.8) is 0 Å². The first-order valence-electron chi connectivity index (χ1n) is 5.90. The number of benzene rings is 2. The highest BCUT2D eigenvalue weighted by Crippen LogP contribution is 2.17. The Morgan fingerprint density at radius 2 is 1.83 bits per heavy atom. The summed E-state index contributed by atoms with van der Waals surface area (Å²) in [5.74, 6) is 0.648. The van der Waals surface area contributed by atoms with Gasteiger partial charge < -0.3 is 9.84 Å². The molecule has 0 aliphatic carbocycles. The molecule has 0 saturated carbocycles. The van der Waals surface area contributed by atoms with Gasteiger partial charge in [0, 0.05) is 6.07 Å². The van der Waals surface area contributed by atoms with Crippen LogP contribution in [-0.2, 0) is 6.42 Å². The minimum Gasteiger partial charge on any atom is -0.508 e. The van der Waals surface area contributed by atoms with E-state index in [1.165, 1.54) is 12.1 Å². The zero-order valence-electron chi connectivity index (χ0n) is 9.97. The molecule has 0 amide bonds. The Kier molecular flexibility index (Phi) is 4.18. The van der Waals surface area contributed by atoms with Crippen molar-refractivity contribution < 1.29 is 14.2 Å². The highest BCUT2D eigenvalue weighted by Gasteiger charge is 1.97. The molecule has 1 N–H and O–H groups in total. The zero-order chi connectivity index (χ0) is 12.8. The lowest BCUT2D eigenvalue weighted by Gasteiger charge is -2.06. The van der Waals surface area contributed by atoms with E-state index in [0.717, 1.165) is 18.4 Å². The molecule has 0 aliphatic heterocycles. The van der Waals surface area contributed by atoms with Crippen LogP contribution in [0.2, 0.25) is 0 Å². The third kappa shape index (κ3) is 3.77. The Bertz CT molecular complexity index is 494. The van der Waals surface area contributed by atoms with Gasteiger partial charge in [0.1, 0.15) is 17.3 Å². The van der Waals surface area contributed by atoms with Gasteiger partial charge in [0.25, 0.3) is 0 Å². The van der Waals surface area contributed by atoms with Crippen LogP contribution in [0, 0.1) is 5.82 Å². The van der Waals surface area contributed by atoms with Crippen LogP contribution in [0.3, 0.4) is 0 Å². The van der Waals surface area contributed by atoms with Crippen molar-refractivity contribution >= 4 is 0 Å². The number of ether oxygens (including phenoxy) is 1. The van der Waals surface area contributed by atoms with Crippen LogP contribution in [0.5, 0.6) is 11.5 Å². The molecular formula is C15H15FO2. The molecular weight excluding hydrogens is 231 g/mol. The zero-order valence-corrected chi connectivity index (χ0v) is 9.97. The molecule has 0 spiro atoms. The average Bonchev–Trinajstić information content (AvgIpc) is 2.37. The fourth-order valence-corrected chi connectivity index (χ4v) is 1.69. The minimum atomic E-state index is -0.213. The summed E-state index contributed by atoms with van der Waals surface area (Å²) in [5, 5.41) is 9.26. The molecule has 0 fully saturated rings. The van der Waals surface area contributed by atoms with Gasteiger partial charge in [0.2, 0.25) is 0 Å². The van der Waals surface area contributed by atoms with Crippen molar-refractivity contribution in [2.45, 2.75) is 12.8 Å². The number of aryl methyl sites for hydroxylation is 1. The third-order valence-corrected chi connectivity index (χ3v) is 2.61. The van der Waals surface area contributed by atoms with Gasteiger partial charge in [0.05, 0.1) is 6.61 Å². The van der Waals surface area contributed by atoms with Crippen molar-refractivity contribution in [2.75, 3.05) is 6.61 Å².